The number of nitrogen functional groups attached to an aromatic ring is 1. The van der Waals surface area contributed by atoms with Crippen molar-refractivity contribution in [2.24, 2.45) is 0 Å². The van der Waals surface area contributed by atoms with Crippen molar-refractivity contribution in [3.8, 4) is 0 Å². The van der Waals surface area contributed by atoms with Gasteiger partial charge in [0.2, 0.25) is 0 Å². The van der Waals surface area contributed by atoms with Gasteiger partial charge >= 0.3 is 0 Å². The number of nitrogens with zero attached hydrogens (tertiary/aromatic N) is 1. The molecule has 0 heterocycles. The average Bonchev–Trinajstić information content (AvgIpc) is 2.21. The molecule has 0 unspecified atom stereocenters. The number of hydrogen-bond donors (Lipinski definition) is 1. The highest BCUT2D eigenvalue weighted by Gasteiger charge is 2.08. The third-order valence-corrected chi connectivity index (χ3v) is 2.56. The molecule has 1 rings (SSSR count). The lowest BCUT2D eigenvalue weighted by molar-refractivity contribution is 0.746. The highest BCUT2D eigenvalue weighted by atomic mass is 35.5. The molecule has 0 saturated heterocycles. The molecule has 3 heteroatoms. The molecule has 1 aromatic rings. The van der Waals surface area contributed by atoms with Crippen molar-refractivity contribution in [1.29, 1.82) is 0 Å². The van der Waals surface area contributed by atoms with Gasteiger partial charge < -0.3 is 10.6 Å². The minimum absolute atomic E-state index is 0.747. The lowest BCUT2D eigenvalue weighted by atomic mass is 10.2. The fourth-order valence-corrected chi connectivity index (χ4v) is 1.85. The van der Waals surface area contributed by atoms with Gasteiger partial charge in [0.15, 0.2) is 0 Å². The zero-order valence-corrected chi connectivity index (χ0v) is 10.2. The van der Waals surface area contributed by atoms with Crippen LogP contribution in [0.4, 0.5) is 11.4 Å². The molecule has 0 bridgehead atoms. The summed E-state index contributed by atoms with van der Waals surface area (Å²) in [4.78, 5) is 2.29. The summed E-state index contributed by atoms with van der Waals surface area (Å²) >= 11 is 5.98. The molecular formula is C12H19ClN2. The molecule has 1 aromatic carbocycles. The van der Waals surface area contributed by atoms with Crippen molar-refractivity contribution >= 4 is 23.0 Å². The van der Waals surface area contributed by atoms with Gasteiger partial charge in [0.25, 0.3) is 0 Å². The van der Waals surface area contributed by atoms with E-state index in [0.717, 1.165) is 42.3 Å². The zero-order valence-electron chi connectivity index (χ0n) is 9.46. The van der Waals surface area contributed by atoms with Gasteiger partial charge in [-0.25, -0.2) is 0 Å². The highest BCUT2D eigenvalue weighted by molar-refractivity contribution is 6.31. The molecule has 2 N–H and O–H groups in total. The Hall–Kier alpha value is -0.890. The summed E-state index contributed by atoms with van der Waals surface area (Å²) in [6, 6.07) is 5.65. The molecule has 0 aliphatic rings. The van der Waals surface area contributed by atoms with Crippen LogP contribution in [0.3, 0.4) is 0 Å². The van der Waals surface area contributed by atoms with Crippen molar-refractivity contribution < 1.29 is 0 Å². The first kappa shape index (κ1) is 12.2. The Morgan fingerprint density at radius 2 is 1.80 bits per heavy atom. The minimum atomic E-state index is 0.747. The van der Waals surface area contributed by atoms with Gasteiger partial charge in [-0.15, -0.1) is 0 Å². The maximum absolute atomic E-state index is 5.98. The first-order chi connectivity index (χ1) is 7.19. The Kier molecular flexibility index (Phi) is 4.76. The Balaban J connectivity index is 2.93. The zero-order chi connectivity index (χ0) is 11.3. The Labute approximate surface area is 97.0 Å². The van der Waals surface area contributed by atoms with Gasteiger partial charge in [0, 0.05) is 18.1 Å². The van der Waals surface area contributed by atoms with Crippen molar-refractivity contribution in [3.05, 3.63) is 23.2 Å². The van der Waals surface area contributed by atoms with Crippen LogP contribution in [-0.4, -0.2) is 13.1 Å². The van der Waals surface area contributed by atoms with E-state index in [2.05, 4.69) is 18.7 Å². The molecule has 0 aliphatic heterocycles. The summed E-state index contributed by atoms with van der Waals surface area (Å²) in [6.45, 7) is 6.39. The Morgan fingerprint density at radius 1 is 1.20 bits per heavy atom. The Morgan fingerprint density at radius 3 is 2.33 bits per heavy atom. The summed E-state index contributed by atoms with van der Waals surface area (Å²) in [6.07, 6.45) is 2.23. The van der Waals surface area contributed by atoms with Crippen molar-refractivity contribution in [1.82, 2.24) is 0 Å². The normalized spacial score (nSPS) is 10.3. The molecule has 0 spiro atoms. The maximum Gasteiger partial charge on any atom is 0.0614 e. The van der Waals surface area contributed by atoms with E-state index in [4.69, 9.17) is 17.3 Å². The van der Waals surface area contributed by atoms with E-state index >= 15 is 0 Å². The molecule has 15 heavy (non-hydrogen) atoms. The summed E-state index contributed by atoms with van der Waals surface area (Å²) in [7, 11) is 0. The van der Waals surface area contributed by atoms with E-state index in [1.807, 2.05) is 18.2 Å². The number of nitrogens with two attached hydrogens (primary N) is 1. The van der Waals surface area contributed by atoms with Crippen LogP contribution in [0.15, 0.2) is 18.2 Å². The first-order valence-electron chi connectivity index (χ1n) is 5.49. The third kappa shape index (κ3) is 3.31. The fraction of sp³-hybridized carbons (Fsp3) is 0.500. The SMILES string of the molecule is CCCN(CCC)c1cc(Cl)ccc1N. The van der Waals surface area contributed by atoms with Crippen molar-refractivity contribution in [2.45, 2.75) is 26.7 Å². The van der Waals surface area contributed by atoms with Gasteiger partial charge in [-0.1, -0.05) is 25.4 Å². The lowest BCUT2D eigenvalue weighted by Crippen LogP contribution is -2.25. The predicted octanol–water partition coefficient (Wildman–Crippen LogP) is 3.55. The second kappa shape index (κ2) is 5.86. The van der Waals surface area contributed by atoms with Crippen LogP contribution in [-0.2, 0) is 0 Å². The van der Waals surface area contributed by atoms with Gasteiger partial charge in [-0.2, -0.15) is 0 Å². The number of rotatable bonds is 5. The number of halogens is 1. The molecule has 0 aliphatic carbocycles. The Bertz CT molecular complexity index is 306. The molecule has 0 fully saturated rings. The van der Waals surface area contributed by atoms with E-state index in [9.17, 15) is 0 Å². The standard InChI is InChI=1S/C12H19ClN2/c1-3-7-15(8-4-2)12-9-10(13)5-6-11(12)14/h5-6,9H,3-4,7-8,14H2,1-2H3. The number of anilines is 2. The van der Waals surface area contributed by atoms with Crippen molar-refractivity contribution in [2.75, 3.05) is 23.7 Å². The average molecular weight is 227 g/mol. The van der Waals surface area contributed by atoms with Crippen LogP contribution in [0.2, 0.25) is 5.02 Å². The van der Waals surface area contributed by atoms with Crippen LogP contribution in [0.25, 0.3) is 0 Å². The highest BCUT2D eigenvalue weighted by Crippen LogP contribution is 2.27. The molecule has 0 saturated carbocycles. The maximum atomic E-state index is 5.98. The van der Waals surface area contributed by atoms with Gasteiger partial charge in [-0.3, -0.25) is 0 Å². The largest absolute Gasteiger partial charge is 0.397 e. The van der Waals surface area contributed by atoms with Gasteiger partial charge in [-0.05, 0) is 31.0 Å². The van der Waals surface area contributed by atoms with E-state index in [1.165, 1.54) is 0 Å². The van der Waals surface area contributed by atoms with Crippen LogP contribution in [0.1, 0.15) is 26.7 Å². The second-order valence-electron chi connectivity index (χ2n) is 3.69. The summed E-state index contributed by atoms with van der Waals surface area (Å²) in [5, 5.41) is 0.747. The van der Waals surface area contributed by atoms with Crippen LogP contribution in [0.5, 0.6) is 0 Å². The molecule has 0 amide bonds. The number of benzene rings is 1. The molecule has 2 nitrogen and oxygen atoms in total. The molecular weight excluding hydrogens is 208 g/mol. The minimum Gasteiger partial charge on any atom is -0.397 e. The van der Waals surface area contributed by atoms with Gasteiger partial charge in [0.1, 0.15) is 0 Å². The van der Waals surface area contributed by atoms with E-state index < -0.39 is 0 Å². The molecule has 84 valence electrons. The topological polar surface area (TPSA) is 29.3 Å². The van der Waals surface area contributed by atoms with E-state index in [0.29, 0.717) is 0 Å². The molecule has 0 radical (unpaired) electrons. The monoisotopic (exact) mass is 226 g/mol. The summed E-state index contributed by atoms with van der Waals surface area (Å²) < 4.78 is 0. The third-order valence-electron chi connectivity index (χ3n) is 2.32. The van der Waals surface area contributed by atoms with Crippen LogP contribution < -0.4 is 10.6 Å². The van der Waals surface area contributed by atoms with Crippen LogP contribution in [0, 0.1) is 0 Å². The summed E-state index contributed by atoms with van der Waals surface area (Å²) in [5.41, 5.74) is 7.82. The molecule has 0 atom stereocenters. The van der Waals surface area contributed by atoms with E-state index in [-0.39, 0.29) is 0 Å². The second-order valence-corrected chi connectivity index (χ2v) is 4.13. The van der Waals surface area contributed by atoms with E-state index in [1.54, 1.807) is 0 Å². The quantitative estimate of drug-likeness (QED) is 0.779. The summed E-state index contributed by atoms with van der Waals surface area (Å²) in [5.74, 6) is 0. The van der Waals surface area contributed by atoms with Crippen molar-refractivity contribution in [3.63, 3.8) is 0 Å². The lowest BCUT2D eigenvalue weighted by Gasteiger charge is -2.25. The number of hydrogen-bond acceptors (Lipinski definition) is 2. The smallest absolute Gasteiger partial charge is 0.0614 e. The first-order valence-corrected chi connectivity index (χ1v) is 5.86. The molecule has 0 aromatic heterocycles. The van der Waals surface area contributed by atoms with Gasteiger partial charge in [0.05, 0.1) is 11.4 Å². The fourth-order valence-electron chi connectivity index (χ4n) is 1.68. The van der Waals surface area contributed by atoms with Crippen LogP contribution >= 0.6 is 11.6 Å². The predicted molar refractivity (Wildman–Crippen MR) is 68.7 cm³/mol.